The smallest absolute Gasteiger partial charge is 0.346 e. The van der Waals surface area contributed by atoms with Crippen molar-refractivity contribution in [2.24, 2.45) is 0 Å². The molecule has 0 radical (unpaired) electrons. The van der Waals surface area contributed by atoms with Crippen LogP contribution >= 0.6 is 24.2 Å². The van der Waals surface area contributed by atoms with Crippen LogP contribution in [0.5, 0.6) is 0 Å². The first-order valence-corrected chi connectivity index (χ1v) is 11.0. The van der Waals surface area contributed by atoms with E-state index in [4.69, 9.17) is 9.26 Å². The molecular weight excluding hydrogens is 437 g/mol. The molecule has 15 nitrogen and oxygen atoms in total. The number of aromatic amines is 1. The minimum absolute atomic E-state index is 0.668. The van der Waals surface area contributed by atoms with Crippen LogP contribution in [-0.2, 0) is 31.3 Å². The first kappa shape index (κ1) is 20.9. The fraction of sp³-hybridized carbons (Fsp3) is 0.556. The van der Waals surface area contributed by atoms with Gasteiger partial charge in [-0.05, 0) is 0 Å². The lowest BCUT2D eigenvalue weighted by molar-refractivity contribution is -0.240. The topological polar surface area (TPSA) is 222 Å². The molecule has 2 fully saturated rings. The molecule has 6 unspecified atom stereocenters. The highest BCUT2D eigenvalue weighted by atomic mass is 31.3. The van der Waals surface area contributed by atoms with Crippen molar-refractivity contribution in [3.8, 4) is 0 Å². The Kier molecular flexibility index (Phi) is 5.86. The van der Waals surface area contributed by atoms with Crippen molar-refractivity contribution >= 4 is 24.2 Å². The molecule has 3 rings (SSSR count). The summed E-state index contributed by atoms with van der Waals surface area (Å²) in [6.45, 7) is -0.668. The van der Waals surface area contributed by atoms with Crippen molar-refractivity contribution in [1.29, 1.82) is 0 Å². The highest BCUT2D eigenvalue weighted by molar-refractivity contribution is 7.71. The van der Waals surface area contributed by atoms with Gasteiger partial charge in [-0.25, -0.2) is 17.7 Å². The predicted molar refractivity (Wildman–Crippen MR) is 78.6 cm³/mol. The lowest BCUT2D eigenvalue weighted by Gasteiger charge is -2.38. The first-order chi connectivity index (χ1) is 12.5. The fourth-order valence-electron chi connectivity index (χ4n) is 2.24. The van der Waals surface area contributed by atoms with Crippen molar-refractivity contribution in [3.63, 3.8) is 0 Å². The van der Waals surface area contributed by atoms with Crippen LogP contribution in [0.1, 0.15) is 6.23 Å². The molecule has 27 heavy (non-hydrogen) atoms. The quantitative estimate of drug-likeness (QED) is 0.403. The zero-order chi connectivity index (χ0) is 20.0. The lowest BCUT2D eigenvalue weighted by atomic mass is 10.1. The van der Waals surface area contributed by atoms with Crippen LogP contribution in [0, 0.1) is 0 Å². The average molecular weight is 448 g/mol. The molecule has 0 aliphatic carbocycles. The van der Waals surface area contributed by atoms with E-state index >= 15 is 0 Å². The summed E-state index contributed by atoms with van der Waals surface area (Å²) in [6, 6.07) is 0.984. The fourth-order valence-corrected chi connectivity index (χ4v) is 6.33. The molecule has 0 spiro atoms. The van der Waals surface area contributed by atoms with E-state index in [1.165, 1.54) is 0 Å². The van der Waals surface area contributed by atoms with E-state index in [1.807, 2.05) is 4.98 Å². The Morgan fingerprint density at radius 2 is 1.85 bits per heavy atom. The van der Waals surface area contributed by atoms with Crippen molar-refractivity contribution < 1.29 is 51.3 Å². The molecule has 0 amide bonds. The second-order valence-corrected chi connectivity index (χ2v) is 9.68. The van der Waals surface area contributed by atoms with Gasteiger partial charge in [0.2, 0.25) is 0 Å². The second kappa shape index (κ2) is 7.56. The molecular formula is C9H11N2O13P3-2. The zero-order valence-corrected chi connectivity index (χ0v) is 15.5. The molecule has 1 aromatic heterocycles. The Morgan fingerprint density at radius 1 is 1.22 bits per heavy atom. The average Bonchev–Trinajstić information content (AvgIpc) is 2.78. The van der Waals surface area contributed by atoms with Crippen molar-refractivity contribution in [3.05, 3.63) is 33.1 Å². The summed E-state index contributed by atoms with van der Waals surface area (Å²) in [6.07, 6.45) is -4.93. The standard InChI is InChI=1S/C9H13N2O13P3/c12-5-1-2-11(9(15)10-5)8-7(14)6(13)4(21-8)3-20-25-22-26(16,17)24-27(18,19)23-25/h1-2,4,6-8,13-14H,3H2,(H,16,17)(H,18,19)(H,10,12,15)/p-2. The molecule has 0 saturated carbocycles. The summed E-state index contributed by atoms with van der Waals surface area (Å²) in [5, 5.41) is 20.0. The zero-order valence-electron chi connectivity index (χ0n) is 12.8. The maximum atomic E-state index is 11.8. The number of aliphatic hydroxyl groups is 2. The van der Waals surface area contributed by atoms with Crippen LogP contribution in [-0.4, -0.2) is 44.7 Å². The van der Waals surface area contributed by atoms with Crippen LogP contribution in [0.25, 0.3) is 0 Å². The summed E-state index contributed by atoms with van der Waals surface area (Å²) < 4.78 is 45.3. The van der Waals surface area contributed by atoms with Crippen molar-refractivity contribution in [2.45, 2.75) is 24.5 Å². The third kappa shape index (κ3) is 4.80. The van der Waals surface area contributed by atoms with Crippen LogP contribution in [0.3, 0.4) is 0 Å². The van der Waals surface area contributed by atoms with E-state index in [0.717, 1.165) is 16.8 Å². The highest BCUT2D eigenvalue weighted by Gasteiger charge is 2.45. The maximum Gasteiger partial charge on any atom is 0.346 e. The summed E-state index contributed by atoms with van der Waals surface area (Å²) in [5.41, 5.74) is -1.61. The molecule has 0 aromatic carbocycles. The molecule has 2 aliphatic rings. The van der Waals surface area contributed by atoms with Gasteiger partial charge in [-0.15, -0.1) is 0 Å². The number of hydrogen-bond acceptors (Lipinski definition) is 13. The van der Waals surface area contributed by atoms with Gasteiger partial charge in [0.05, 0.1) is 6.61 Å². The highest BCUT2D eigenvalue weighted by Crippen LogP contribution is 2.73. The third-order valence-corrected chi connectivity index (χ3v) is 7.97. The van der Waals surface area contributed by atoms with Gasteiger partial charge in [-0.2, -0.15) is 0 Å². The van der Waals surface area contributed by atoms with Gasteiger partial charge in [0.1, 0.15) is 18.3 Å². The monoisotopic (exact) mass is 448 g/mol. The minimum atomic E-state index is -5.20. The van der Waals surface area contributed by atoms with Gasteiger partial charge in [0.15, 0.2) is 6.23 Å². The molecule has 1 aromatic rings. The van der Waals surface area contributed by atoms with Gasteiger partial charge < -0.3 is 29.3 Å². The maximum absolute atomic E-state index is 11.8. The number of nitrogens with one attached hydrogen (secondary N) is 1. The first-order valence-electron chi connectivity index (χ1n) is 6.96. The van der Waals surface area contributed by atoms with Crippen molar-refractivity contribution in [2.75, 3.05) is 6.61 Å². The summed E-state index contributed by atoms with van der Waals surface area (Å²) in [5.74, 6) is 0. The second-order valence-electron chi connectivity index (χ2n) is 5.22. The normalized spacial score (nSPS) is 42.3. The predicted octanol–water partition coefficient (Wildman–Crippen LogP) is -2.60. The number of nitrogens with zero attached hydrogens (tertiary/aromatic N) is 1. The van der Waals surface area contributed by atoms with E-state index in [9.17, 15) is 38.7 Å². The Bertz CT molecular complexity index is 891. The Labute approximate surface area is 150 Å². The van der Waals surface area contributed by atoms with E-state index in [-0.39, 0.29) is 0 Å². The largest absolute Gasteiger partial charge is 0.756 e. The lowest BCUT2D eigenvalue weighted by Crippen LogP contribution is -2.37. The number of phosphoric acid groups is 2. The number of rotatable bonds is 4. The van der Waals surface area contributed by atoms with Gasteiger partial charge in [0.25, 0.3) is 21.2 Å². The van der Waals surface area contributed by atoms with Crippen molar-refractivity contribution in [1.82, 2.24) is 9.55 Å². The number of hydrogen-bond donors (Lipinski definition) is 3. The molecule has 2 aliphatic heterocycles. The van der Waals surface area contributed by atoms with Crippen LogP contribution < -0.4 is 21.0 Å². The van der Waals surface area contributed by atoms with E-state index in [2.05, 4.69) is 12.9 Å². The van der Waals surface area contributed by atoms with Gasteiger partial charge >= 0.3 is 14.3 Å². The molecule has 3 heterocycles. The summed E-state index contributed by atoms with van der Waals surface area (Å²) in [4.78, 5) is 47.1. The van der Waals surface area contributed by atoms with E-state index in [1.54, 1.807) is 0 Å². The summed E-state index contributed by atoms with van der Waals surface area (Å²) in [7, 11) is -13.3. The molecule has 152 valence electrons. The molecule has 3 N–H and O–H groups in total. The van der Waals surface area contributed by atoms with E-state index in [0.29, 0.717) is 0 Å². The van der Waals surface area contributed by atoms with Gasteiger partial charge in [0, 0.05) is 12.3 Å². The molecule has 18 heteroatoms. The number of aliphatic hydroxyl groups excluding tert-OH is 2. The SMILES string of the molecule is O=c1ccn(C2OC(COP3OP(=O)([O-])OP(=O)([O-])O3)C(O)C2O)c(=O)[nH]1. The van der Waals surface area contributed by atoms with Gasteiger partial charge in [-0.3, -0.25) is 23.5 Å². The number of H-pyrrole nitrogens is 1. The Balaban J connectivity index is 1.68. The summed E-state index contributed by atoms with van der Waals surface area (Å²) >= 11 is 0. The minimum Gasteiger partial charge on any atom is -0.756 e. The Morgan fingerprint density at radius 3 is 2.44 bits per heavy atom. The van der Waals surface area contributed by atoms with Crippen LogP contribution in [0.4, 0.5) is 0 Å². The molecule has 2 saturated heterocycles. The van der Waals surface area contributed by atoms with Crippen LogP contribution in [0.2, 0.25) is 0 Å². The molecule has 0 bridgehead atoms. The number of ether oxygens (including phenoxy) is 1. The van der Waals surface area contributed by atoms with Gasteiger partial charge in [-0.1, -0.05) is 0 Å². The number of aromatic nitrogens is 2. The molecule has 6 atom stereocenters. The van der Waals surface area contributed by atoms with E-state index < -0.39 is 66.6 Å². The van der Waals surface area contributed by atoms with Crippen LogP contribution in [0.15, 0.2) is 21.9 Å². The third-order valence-electron chi connectivity index (χ3n) is 3.34. The Hall–Kier alpha value is -0.790.